The molecule has 1 amide bonds. The Morgan fingerprint density at radius 1 is 0.947 bits per heavy atom. The Morgan fingerprint density at radius 2 is 1.58 bits per heavy atom. The Kier molecular flexibility index (Phi) is 10.9. The van der Waals surface area contributed by atoms with Crippen molar-refractivity contribution < 1.29 is 41.8 Å². The molecule has 0 radical (unpaired) electrons. The number of alkyl carbamates (subject to hydrolysis) is 1. The van der Waals surface area contributed by atoms with Gasteiger partial charge in [-0.1, -0.05) is 79.7 Å². The van der Waals surface area contributed by atoms with Gasteiger partial charge < -0.3 is 32.5 Å². The van der Waals surface area contributed by atoms with Gasteiger partial charge in [0.25, 0.3) is 11.4 Å². The number of aromatic nitrogens is 2. The predicted molar refractivity (Wildman–Crippen MR) is 211 cm³/mol. The fraction of sp³-hybridized carbons (Fsp3) is 0.541. The first kappa shape index (κ1) is 40.6. The summed E-state index contributed by atoms with van der Waals surface area (Å²) in [5.41, 5.74) is -0.546. The van der Waals surface area contributed by atoms with Crippen molar-refractivity contribution in [3.05, 3.63) is 91.9 Å². The summed E-state index contributed by atoms with van der Waals surface area (Å²) in [5.74, 6) is 0.284. The van der Waals surface area contributed by atoms with Crippen molar-refractivity contribution in [3.63, 3.8) is 0 Å². The molecular weight excluding hydrogens is 775 g/mol. The van der Waals surface area contributed by atoms with E-state index in [9.17, 15) is 25.0 Å². The van der Waals surface area contributed by atoms with Crippen LogP contribution in [0.1, 0.15) is 91.0 Å². The van der Waals surface area contributed by atoms with Gasteiger partial charge in [0.2, 0.25) is 11.7 Å². The number of nitrogens with one attached hydrogen (secondary N) is 2. The lowest BCUT2D eigenvalue weighted by Crippen LogP contribution is -2.65. The molecule has 3 fully saturated rings. The zero-order chi connectivity index (χ0) is 41.0. The maximum Gasteiger partial charge on any atom is 0.414 e. The van der Waals surface area contributed by atoms with Gasteiger partial charge in [0.1, 0.15) is 36.6 Å². The molecule has 7 rings (SSSR count). The van der Waals surface area contributed by atoms with E-state index in [1.54, 1.807) is 35.2 Å². The topological polar surface area (TPSA) is 216 Å². The standard InChI is InChI=1S/C37H49N7O11Si2/c1-21(2)56(22(3)4)51-19-30-29(54-57(55-56,23(5)6)24(7)8)17-31(52-30)42-20-38-32-34(42)39-35(40-36(45)50-18-25-13-9-11-15-27(25)43(46)47)41-37(32)33(53-37)26-14-10-12-16-28(26)44(48)49/h9-16,20-24,29-31,33H,17-19H2,1-8H3,(H2,39,40,41,45)/t29-,30+,31+,33?,37?/m0/s1. The molecule has 18 nitrogen and oxygen atoms in total. The van der Waals surface area contributed by atoms with Crippen LogP contribution in [0.2, 0.25) is 22.2 Å². The minimum Gasteiger partial charge on any atom is -0.444 e. The average Bonchev–Trinajstić information content (AvgIpc) is 3.45. The van der Waals surface area contributed by atoms with Gasteiger partial charge in [0.15, 0.2) is 0 Å². The van der Waals surface area contributed by atoms with E-state index in [0.717, 1.165) is 0 Å². The molecule has 2 aromatic carbocycles. The molecule has 5 heterocycles. The lowest BCUT2D eigenvalue weighted by Gasteiger charge is -2.51. The molecule has 1 aromatic heterocycles. The number of carbonyl (C=O) groups is 1. The maximum atomic E-state index is 13.2. The second-order valence-electron chi connectivity index (χ2n) is 16.0. The van der Waals surface area contributed by atoms with Crippen molar-refractivity contribution in [2.45, 2.75) is 121 Å². The number of guanidine groups is 1. The number of nitro benzene ring substituents is 2. The van der Waals surface area contributed by atoms with Gasteiger partial charge in [-0.15, -0.1) is 0 Å². The van der Waals surface area contributed by atoms with Crippen molar-refractivity contribution in [1.82, 2.24) is 14.9 Å². The number of aliphatic imine (C=N–C) groups is 1. The van der Waals surface area contributed by atoms with Gasteiger partial charge in [-0.3, -0.25) is 30.1 Å². The van der Waals surface area contributed by atoms with E-state index in [4.69, 9.17) is 32.2 Å². The fourth-order valence-corrected chi connectivity index (χ4v) is 19.6. The van der Waals surface area contributed by atoms with Gasteiger partial charge in [-0.2, -0.15) is 0 Å². The highest BCUT2D eigenvalue weighted by atomic mass is 28.5. The third-order valence-electron chi connectivity index (χ3n) is 11.3. The van der Waals surface area contributed by atoms with Crippen molar-refractivity contribution in [2.75, 3.05) is 11.9 Å². The first-order valence-corrected chi connectivity index (χ1v) is 23.2. The summed E-state index contributed by atoms with van der Waals surface area (Å²) in [4.78, 5) is 45.1. The fourth-order valence-electron chi connectivity index (χ4n) is 8.34. The van der Waals surface area contributed by atoms with Gasteiger partial charge in [-0.05, 0) is 34.3 Å². The number of para-hydroxylation sites is 2. The summed E-state index contributed by atoms with van der Waals surface area (Å²) in [7, 11) is -5.75. The number of anilines is 1. The summed E-state index contributed by atoms with van der Waals surface area (Å²) in [5, 5.41) is 29.3. The van der Waals surface area contributed by atoms with E-state index in [1.807, 2.05) is 0 Å². The van der Waals surface area contributed by atoms with E-state index in [1.165, 1.54) is 24.3 Å². The normalized spacial score (nSPS) is 26.0. The number of ether oxygens (including phenoxy) is 3. The van der Waals surface area contributed by atoms with E-state index >= 15 is 0 Å². The Labute approximate surface area is 332 Å². The lowest BCUT2D eigenvalue weighted by molar-refractivity contribution is -0.385. The van der Waals surface area contributed by atoms with Crippen LogP contribution in [0.25, 0.3) is 0 Å². The van der Waals surface area contributed by atoms with Gasteiger partial charge in [0.05, 0.1) is 40.0 Å². The summed E-state index contributed by atoms with van der Waals surface area (Å²) in [6.45, 7) is 17.2. The summed E-state index contributed by atoms with van der Waals surface area (Å²) >= 11 is 0. The van der Waals surface area contributed by atoms with Crippen LogP contribution in [-0.4, -0.2) is 67.4 Å². The number of fused-ring (bicyclic) bond motifs is 3. The number of hydrogen-bond donors (Lipinski definition) is 2. The van der Waals surface area contributed by atoms with E-state index in [-0.39, 0.29) is 69.9 Å². The molecule has 0 aliphatic carbocycles. The third-order valence-corrected chi connectivity index (χ3v) is 21.5. The van der Waals surface area contributed by atoms with Gasteiger partial charge in [0, 0.05) is 18.6 Å². The smallest absolute Gasteiger partial charge is 0.414 e. The highest BCUT2D eigenvalue weighted by Crippen LogP contribution is 2.62. The van der Waals surface area contributed by atoms with Gasteiger partial charge >= 0.3 is 23.2 Å². The number of amides is 1. The van der Waals surface area contributed by atoms with Gasteiger partial charge in [-0.25, -0.2) is 14.8 Å². The number of benzene rings is 2. The van der Waals surface area contributed by atoms with Crippen LogP contribution >= 0.6 is 0 Å². The highest BCUT2D eigenvalue weighted by molar-refractivity contribution is 6.84. The molecule has 306 valence electrons. The van der Waals surface area contributed by atoms with Crippen LogP contribution in [-0.2, 0) is 39.5 Å². The van der Waals surface area contributed by atoms with Crippen molar-refractivity contribution >= 4 is 46.4 Å². The quantitative estimate of drug-likeness (QED) is 0.0874. The maximum absolute atomic E-state index is 13.2. The number of carbonyl (C=O) groups excluding carboxylic acids is 1. The van der Waals surface area contributed by atoms with Crippen LogP contribution < -0.4 is 10.6 Å². The van der Waals surface area contributed by atoms with Crippen LogP contribution in [0.5, 0.6) is 0 Å². The number of nitro groups is 2. The Morgan fingerprint density at radius 3 is 2.23 bits per heavy atom. The molecule has 57 heavy (non-hydrogen) atoms. The lowest BCUT2D eigenvalue weighted by atomic mass is 10.0. The molecule has 4 aliphatic heterocycles. The van der Waals surface area contributed by atoms with E-state index in [0.29, 0.717) is 17.9 Å². The Bertz CT molecular complexity index is 2060. The van der Waals surface area contributed by atoms with Crippen LogP contribution in [0.4, 0.5) is 22.0 Å². The Hall–Kier alpha value is -4.58. The third kappa shape index (κ3) is 7.16. The summed E-state index contributed by atoms with van der Waals surface area (Å²) in [6, 6.07) is 12.1. The molecule has 5 atom stereocenters. The molecule has 2 unspecified atom stereocenters. The molecule has 1 spiro atoms. The largest absolute Gasteiger partial charge is 0.444 e. The second kappa shape index (κ2) is 15.3. The van der Waals surface area contributed by atoms with Crippen molar-refractivity contribution in [2.24, 2.45) is 4.99 Å². The van der Waals surface area contributed by atoms with Crippen LogP contribution in [0.3, 0.4) is 0 Å². The molecule has 0 saturated carbocycles. The van der Waals surface area contributed by atoms with Crippen molar-refractivity contribution in [3.8, 4) is 0 Å². The molecule has 0 bridgehead atoms. The SMILES string of the molecule is CC(C)[Si]1(C(C)C)OC[C@H]2O[C@@H](n3cnc4c3NC(NC(=O)OCc3ccccc3[N+](=O)[O-])=NC43OC3c3ccccc3[N+](=O)[O-])C[C@@H]2O[Si](C(C)C)(C(C)C)O1. The number of nitrogens with zero attached hydrogens (tertiary/aromatic N) is 5. The van der Waals surface area contributed by atoms with Crippen molar-refractivity contribution in [1.29, 1.82) is 0 Å². The predicted octanol–water partition coefficient (Wildman–Crippen LogP) is 7.58. The number of imidazole rings is 1. The van der Waals surface area contributed by atoms with Crippen LogP contribution in [0.15, 0.2) is 59.9 Å². The molecule has 3 aromatic rings. The minimum atomic E-state index is -2.93. The van der Waals surface area contributed by atoms with Crippen LogP contribution in [0, 0.1) is 20.2 Å². The van der Waals surface area contributed by atoms with E-state index < -0.39 is 57.2 Å². The average molecular weight is 824 g/mol. The van der Waals surface area contributed by atoms with E-state index in [2.05, 4.69) is 71.0 Å². The highest BCUT2D eigenvalue weighted by Gasteiger charge is 2.66. The molecule has 2 N–H and O–H groups in total. The molecule has 4 aliphatic rings. The number of rotatable bonds is 10. The molecular formula is C37H49N7O11Si2. The summed E-state index contributed by atoms with van der Waals surface area (Å²) in [6.07, 6.45) is -1.29. The Balaban J connectivity index is 1.21. The first-order valence-electron chi connectivity index (χ1n) is 19.2. The molecule has 20 heteroatoms. The number of hydrogen-bond acceptors (Lipinski definition) is 14. The minimum absolute atomic E-state index is 0.0921. The summed E-state index contributed by atoms with van der Waals surface area (Å²) < 4.78 is 41.7. The molecule has 3 saturated heterocycles. The number of epoxide rings is 1. The second-order valence-corrected chi connectivity index (χ2v) is 24.9. The monoisotopic (exact) mass is 823 g/mol. The first-order chi connectivity index (χ1) is 27.0. The zero-order valence-electron chi connectivity index (χ0n) is 33.2. The zero-order valence-corrected chi connectivity index (χ0v) is 35.2.